The van der Waals surface area contributed by atoms with Crippen LogP contribution in [0.3, 0.4) is 0 Å². The maximum Gasteiger partial charge on any atom is 0.258 e. The van der Waals surface area contributed by atoms with Gasteiger partial charge < -0.3 is 4.90 Å². The smallest absolute Gasteiger partial charge is 0.258 e. The summed E-state index contributed by atoms with van der Waals surface area (Å²) < 4.78 is 40.2. The molecule has 1 saturated heterocycles. The number of sulfonamides is 1. The molecule has 1 fully saturated rings. The molecule has 0 radical (unpaired) electrons. The van der Waals surface area contributed by atoms with Crippen LogP contribution in [0.15, 0.2) is 53.9 Å². The molecule has 1 heterocycles. The van der Waals surface area contributed by atoms with Gasteiger partial charge in [-0.15, -0.1) is 0 Å². The van der Waals surface area contributed by atoms with Gasteiger partial charge in [0.05, 0.1) is 10.6 Å². The minimum atomic E-state index is -3.60. The number of hydrogen-bond donors (Lipinski definition) is 0. The van der Waals surface area contributed by atoms with Crippen molar-refractivity contribution >= 4 is 33.6 Å². The first-order valence-electron chi connectivity index (χ1n) is 8.35. The second-order valence-electron chi connectivity index (χ2n) is 6.05. The van der Waals surface area contributed by atoms with E-state index in [1.807, 2.05) is 18.2 Å². The molecule has 0 unspecified atom stereocenters. The summed E-state index contributed by atoms with van der Waals surface area (Å²) in [5.41, 5.74) is 0.600. The highest BCUT2D eigenvalue weighted by Crippen LogP contribution is 2.22. The van der Waals surface area contributed by atoms with Gasteiger partial charge >= 0.3 is 0 Å². The lowest BCUT2D eigenvalue weighted by atomic mass is 10.1. The van der Waals surface area contributed by atoms with Crippen molar-refractivity contribution in [2.75, 3.05) is 26.2 Å². The normalized spacial score (nSPS) is 16.0. The van der Waals surface area contributed by atoms with E-state index in [0.29, 0.717) is 0 Å². The van der Waals surface area contributed by atoms with E-state index < -0.39 is 21.7 Å². The fourth-order valence-corrected chi connectivity index (χ4v) is 4.24. The topological polar surface area (TPSA) is 57.7 Å². The maximum absolute atomic E-state index is 13.9. The zero-order chi connectivity index (χ0) is 19.4. The molecule has 1 amide bonds. The van der Waals surface area contributed by atoms with E-state index in [4.69, 9.17) is 11.6 Å². The highest BCUT2D eigenvalue weighted by atomic mass is 35.5. The Bertz CT molecular complexity index is 936. The van der Waals surface area contributed by atoms with Gasteiger partial charge in [-0.1, -0.05) is 48.0 Å². The standard InChI is InChI=1S/C19H18ClFN2O3S/c20-16-7-4-8-17(21)18(16)19(24)22-10-12-23(13-11-22)27(25,26)14-9-15-5-2-1-3-6-15/h1-9,14H,10-13H2/b14-9+. The van der Waals surface area contributed by atoms with Crippen LogP contribution in [-0.4, -0.2) is 49.7 Å². The van der Waals surface area contributed by atoms with Crippen LogP contribution in [0.1, 0.15) is 15.9 Å². The summed E-state index contributed by atoms with van der Waals surface area (Å²) in [4.78, 5) is 13.9. The predicted octanol–water partition coefficient (Wildman–Crippen LogP) is 3.24. The lowest BCUT2D eigenvalue weighted by Gasteiger charge is -2.33. The number of amides is 1. The van der Waals surface area contributed by atoms with Crippen LogP contribution >= 0.6 is 11.6 Å². The van der Waals surface area contributed by atoms with Crippen molar-refractivity contribution in [1.29, 1.82) is 0 Å². The third-order valence-electron chi connectivity index (χ3n) is 4.29. The third-order valence-corrected chi connectivity index (χ3v) is 6.17. The van der Waals surface area contributed by atoms with E-state index in [0.717, 1.165) is 11.0 Å². The number of halogens is 2. The first-order chi connectivity index (χ1) is 12.9. The Morgan fingerprint density at radius 2 is 1.67 bits per heavy atom. The second-order valence-corrected chi connectivity index (χ2v) is 8.27. The van der Waals surface area contributed by atoms with Crippen molar-refractivity contribution in [1.82, 2.24) is 9.21 Å². The first kappa shape index (κ1) is 19.5. The highest BCUT2D eigenvalue weighted by Gasteiger charge is 2.29. The number of rotatable bonds is 4. The van der Waals surface area contributed by atoms with E-state index in [9.17, 15) is 17.6 Å². The molecule has 5 nitrogen and oxygen atoms in total. The Kier molecular flexibility index (Phi) is 5.94. The van der Waals surface area contributed by atoms with Gasteiger partial charge in [0.15, 0.2) is 0 Å². The van der Waals surface area contributed by atoms with Crippen molar-refractivity contribution in [3.63, 3.8) is 0 Å². The van der Waals surface area contributed by atoms with Gasteiger partial charge in [-0.25, -0.2) is 12.8 Å². The van der Waals surface area contributed by atoms with Crippen LogP contribution in [-0.2, 0) is 10.0 Å². The van der Waals surface area contributed by atoms with Crippen LogP contribution in [0.2, 0.25) is 5.02 Å². The molecule has 1 aliphatic rings. The lowest BCUT2D eigenvalue weighted by Crippen LogP contribution is -2.50. The summed E-state index contributed by atoms with van der Waals surface area (Å²) in [6, 6.07) is 13.2. The Morgan fingerprint density at radius 1 is 1.00 bits per heavy atom. The first-order valence-corrected chi connectivity index (χ1v) is 10.2. The molecule has 8 heteroatoms. The van der Waals surface area contributed by atoms with E-state index in [1.165, 1.54) is 33.5 Å². The number of benzene rings is 2. The monoisotopic (exact) mass is 408 g/mol. The molecule has 27 heavy (non-hydrogen) atoms. The summed E-state index contributed by atoms with van der Waals surface area (Å²) >= 11 is 5.94. The number of nitrogens with zero attached hydrogens (tertiary/aromatic N) is 2. The summed E-state index contributed by atoms with van der Waals surface area (Å²) in [6.45, 7) is 0.613. The lowest BCUT2D eigenvalue weighted by molar-refractivity contribution is 0.0694. The largest absolute Gasteiger partial charge is 0.336 e. The van der Waals surface area contributed by atoms with E-state index in [-0.39, 0.29) is 36.8 Å². The van der Waals surface area contributed by atoms with Crippen LogP contribution in [0.5, 0.6) is 0 Å². The Labute approximate surface area is 162 Å². The van der Waals surface area contributed by atoms with E-state index in [1.54, 1.807) is 12.1 Å². The zero-order valence-corrected chi connectivity index (χ0v) is 16.0. The summed E-state index contributed by atoms with van der Waals surface area (Å²) in [7, 11) is -3.60. The summed E-state index contributed by atoms with van der Waals surface area (Å²) in [5, 5.41) is 1.20. The van der Waals surface area contributed by atoms with Crippen LogP contribution in [0.4, 0.5) is 4.39 Å². The molecule has 0 atom stereocenters. The molecule has 142 valence electrons. The molecule has 0 bridgehead atoms. The molecule has 2 aromatic rings. The minimum Gasteiger partial charge on any atom is -0.336 e. The molecule has 0 spiro atoms. The molecular weight excluding hydrogens is 391 g/mol. The highest BCUT2D eigenvalue weighted by molar-refractivity contribution is 7.92. The van der Waals surface area contributed by atoms with Gasteiger partial charge in [0, 0.05) is 31.6 Å². The van der Waals surface area contributed by atoms with Crippen LogP contribution < -0.4 is 0 Å². The average Bonchev–Trinajstić information content (AvgIpc) is 2.67. The molecule has 0 saturated carbocycles. The molecular formula is C19H18ClFN2O3S. The molecule has 1 aliphatic heterocycles. The van der Waals surface area contributed by atoms with Crippen molar-refractivity contribution in [2.24, 2.45) is 0 Å². The number of piperazine rings is 1. The average molecular weight is 409 g/mol. The second kappa shape index (κ2) is 8.21. The minimum absolute atomic E-state index is 0.0424. The van der Waals surface area contributed by atoms with Gasteiger partial charge in [0.25, 0.3) is 5.91 Å². The molecule has 2 aromatic carbocycles. The SMILES string of the molecule is O=C(c1c(F)cccc1Cl)N1CCN(S(=O)(=O)/C=C/c2ccccc2)CC1. The van der Waals surface area contributed by atoms with Gasteiger partial charge in [-0.05, 0) is 23.8 Å². The summed E-state index contributed by atoms with van der Waals surface area (Å²) in [6.07, 6.45) is 1.53. The van der Waals surface area contributed by atoms with Crippen molar-refractivity contribution in [3.8, 4) is 0 Å². The van der Waals surface area contributed by atoms with Crippen molar-refractivity contribution in [2.45, 2.75) is 0 Å². The van der Waals surface area contributed by atoms with Crippen molar-refractivity contribution < 1.29 is 17.6 Å². The molecule has 0 N–H and O–H groups in total. The van der Waals surface area contributed by atoms with E-state index in [2.05, 4.69) is 0 Å². The number of hydrogen-bond acceptors (Lipinski definition) is 3. The molecule has 0 aromatic heterocycles. The summed E-state index contributed by atoms with van der Waals surface area (Å²) in [5.74, 6) is -1.22. The quantitative estimate of drug-likeness (QED) is 0.780. The fourth-order valence-electron chi connectivity index (χ4n) is 2.82. The predicted molar refractivity (Wildman–Crippen MR) is 103 cm³/mol. The maximum atomic E-state index is 13.9. The van der Waals surface area contributed by atoms with Gasteiger partial charge in [-0.3, -0.25) is 4.79 Å². The van der Waals surface area contributed by atoms with Crippen LogP contribution in [0, 0.1) is 5.82 Å². The van der Waals surface area contributed by atoms with Gasteiger partial charge in [0.2, 0.25) is 10.0 Å². The Balaban J connectivity index is 1.66. The molecule has 0 aliphatic carbocycles. The van der Waals surface area contributed by atoms with Gasteiger partial charge in [0.1, 0.15) is 5.82 Å². The van der Waals surface area contributed by atoms with Gasteiger partial charge in [-0.2, -0.15) is 4.31 Å². The van der Waals surface area contributed by atoms with E-state index >= 15 is 0 Å². The Hall–Kier alpha value is -2.22. The van der Waals surface area contributed by atoms with Crippen molar-refractivity contribution in [3.05, 3.63) is 75.9 Å². The number of carbonyl (C=O) groups excluding carboxylic acids is 1. The Morgan fingerprint density at radius 3 is 2.30 bits per heavy atom. The molecule has 3 rings (SSSR count). The third kappa shape index (κ3) is 4.55. The zero-order valence-electron chi connectivity index (χ0n) is 14.4. The van der Waals surface area contributed by atoms with Crippen LogP contribution in [0.25, 0.3) is 6.08 Å². The fraction of sp³-hybridized carbons (Fsp3) is 0.211. The number of carbonyl (C=O) groups is 1.